The Kier molecular flexibility index (Phi) is 5.05. The van der Waals surface area contributed by atoms with E-state index in [4.69, 9.17) is 10.8 Å². The van der Waals surface area contributed by atoms with Gasteiger partial charge < -0.3 is 16.2 Å². The maximum Gasteiger partial charge on any atom is 0.221 e. The quantitative estimate of drug-likeness (QED) is 0.565. The van der Waals surface area contributed by atoms with Crippen molar-refractivity contribution in [2.45, 2.75) is 50.5 Å². The first-order valence-electron chi connectivity index (χ1n) is 5.83. The molecule has 1 amide bonds. The van der Waals surface area contributed by atoms with Crippen LogP contribution in [0.2, 0.25) is 0 Å². The number of nitrogens with two attached hydrogens (primary N) is 1. The minimum atomic E-state index is -0.249. The molecular formula is C11H22N2O2. The molecule has 0 radical (unpaired) electrons. The molecule has 4 N–H and O–H groups in total. The van der Waals surface area contributed by atoms with Crippen LogP contribution in [0.1, 0.15) is 44.9 Å². The van der Waals surface area contributed by atoms with Crippen molar-refractivity contribution in [3.05, 3.63) is 0 Å². The van der Waals surface area contributed by atoms with E-state index in [9.17, 15) is 4.79 Å². The molecule has 1 fully saturated rings. The highest BCUT2D eigenvalue weighted by Gasteiger charge is 2.31. The highest BCUT2D eigenvalue weighted by atomic mass is 16.2. The summed E-state index contributed by atoms with van der Waals surface area (Å²) in [5.74, 6) is 0.0531. The van der Waals surface area contributed by atoms with Gasteiger partial charge in [0.2, 0.25) is 5.91 Å². The van der Waals surface area contributed by atoms with Gasteiger partial charge in [0.25, 0.3) is 0 Å². The summed E-state index contributed by atoms with van der Waals surface area (Å²) in [6.07, 6.45) is 6.26. The number of hydrogen-bond donors (Lipinski definition) is 3. The zero-order valence-corrected chi connectivity index (χ0v) is 9.30. The first-order valence-corrected chi connectivity index (χ1v) is 5.83. The highest BCUT2D eigenvalue weighted by Crippen LogP contribution is 2.29. The summed E-state index contributed by atoms with van der Waals surface area (Å²) in [4.78, 5) is 11.5. The predicted octanol–water partition coefficient (Wildman–Crippen LogP) is 0.537. The second-order valence-corrected chi connectivity index (χ2v) is 4.53. The van der Waals surface area contributed by atoms with E-state index in [2.05, 4.69) is 5.32 Å². The van der Waals surface area contributed by atoms with Gasteiger partial charge in [-0.2, -0.15) is 0 Å². The molecule has 0 aromatic carbocycles. The summed E-state index contributed by atoms with van der Waals surface area (Å²) in [5, 5.41) is 11.4. The Labute approximate surface area is 91.2 Å². The van der Waals surface area contributed by atoms with Gasteiger partial charge in [-0.3, -0.25) is 4.79 Å². The zero-order chi connectivity index (χ0) is 11.1. The molecule has 0 saturated heterocycles. The average molecular weight is 214 g/mol. The minimum Gasteiger partial charge on any atom is -0.396 e. The molecule has 1 rings (SSSR count). The molecule has 4 nitrogen and oxygen atoms in total. The van der Waals surface area contributed by atoms with Crippen LogP contribution in [0.4, 0.5) is 0 Å². The van der Waals surface area contributed by atoms with Gasteiger partial charge in [-0.15, -0.1) is 0 Å². The fraction of sp³-hybridized carbons (Fsp3) is 0.909. The van der Waals surface area contributed by atoms with Crippen LogP contribution in [0, 0.1) is 0 Å². The molecule has 0 spiro atoms. The summed E-state index contributed by atoms with van der Waals surface area (Å²) in [6, 6.07) is 0. The molecule has 0 aromatic rings. The molecule has 0 bridgehead atoms. The summed E-state index contributed by atoms with van der Waals surface area (Å²) >= 11 is 0. The summed E-state index contributed by atoms with van der Waals surface area (Å²) in [5.41, 5.74) is 5.84. The Hall–Kier alpha value is -0.610. The van der Waals surface area contributed by atoms with Gasteiger partial charge in [0.05, 0.1) is 0 Å². The zero-order valence-electron chi connectivity index (χ0n) is 9.30. The maximum atomic E-state index is 11.5. The van der Waals surface area contributed by atoms with Gasteiger partial charge in [-0.05, 0) is 25.7 Å². The van der Waals surface area contributed by atoms with Crippen LogP contribution < -0.4 is 11.1 Å². The van der Waals surface area contributed by atoms with Crippen LogP contribution in [0.25, 0.3) is 0 Å². The Bertz CT molecular complexity index is 201. The molecule has 15 heavy (non-hydrogen) atoms. The van der Waals surface area contributed by atoms with Crippen molar-refractivity contribution >= 4 is 5.91 Å². The van der Waals surface area contributed by atoms with Crippen molar-refractivity contribution in [1.29, 1.82) is 0 Å². The standard InChI is InChI=1S/C11H22N2O2/c12-11(5-1-2-6-11)9-10(15)13-7-3-4-8-14/h14H,1-9,12H2,(H,13,15). The monoisotopic (exact) mass is 214 g/mol. The van der Waals surface area contributed by atoms with Crippen LogP contribution in [0.15, 0.2) is 0 Å². The molecular weight excluding hydrogens is 192 g/mol. The number of amides is 1. The van der Waals surface area contributed by atoms with Crippen LogP contribution >= 0.6 is 0 Å². The van der Waals surface area contributed by atoms with Crippen LogP contribution in [-0.4, -0.2) is 29.7 Å². The Morgan fingerprint density at radius 3 is 2.60 bits per heavy atom. The van der Waals surface area contributed by atoms with Crippen molar-refractivity contribution in [3.8, 4) is 0 Å². The SMILES string of the molecule is NC1(CC(=O)NCCCCO)CCCC1. The third kappa shape index (κ3) is 4.62. The molecule has 4 heteroatoms. The first-order chi connectivity index (χ1) is 7.16. The third-order valence-corrected chi connectivity index (χ3v) is 3.02. The van der Waals surface area contributed by atoms with E-state index in [0.717, 1.165) is 38.5 Å². The van der Waals surface area contributed by atoms with E-state index in [1.54, 1.807) is 0 Å². The summed E-state index contributed by atoms with van der Waals surface area (Å²) in [6.45, 7) is 0.839. The van der Waals surface area contributed by atoms with E-state index >= 15 is 0 Å². The predicted molar refractivity (Wildman–Crippen MR) is 59.3 cm³/mol. The van der Waals surface area contributed by atoms with Crippen molar-refractivity contribution in [2.24, 2.45) is 5.73 Å². The topological polar surface area (TPSA) is 75.4 Å². The largest absolute Gasteiger partial charge is 0.396 e. The lowest BCUT2D eigenvalue weighted by Gasteiger charge is -2.22. The van der Waals surface area contributed by atoms with E-state index in [-0.39, 0.29) is 18.1 Å². The number of unbranched alkanes of at least 4 members (excludes halogenated alkanes) is 1. The normalized spacial score (nSPS) is 19.1. The van der Waals surface area contributed by atoms with Gasteiger partial charge >= 0.3 is 0 Å². The Balaban J connectivity index is 2.12. The molecule has 1 aliphatic carbocycles. The first kappa shape index (κ1) is 12.5. The van der Waals surface area contributed by atoms with Crippen LogP contribution in [-0.2, 0) is 4.79 Å². The fourth-order valence-electron chi connectivity index (χ4n) is 2.10. The second kappa shape index (κ2) is 6.08. The Morgan fingerprint density at radius 1 is 1.33 bits per heavy atom. The molecule has 88 valence electrons. The second-order valence-electron chi connectivity index (χ2n) is 4.53. The van der Waals surface area contributed by atoms with E-state index in [1.165, 1.54) is 0 Å². The molecule has 1 saturated carbocycles. The van der Waals surface area contributed by atoms with Gasteiger partial charge in [0.1, 0.15) is 0 Å². The summed E-state index contributed by atoms with van der Waals surface area (Å²) in [7, 11) is 0. The molecule has 0 heterocycles. The molecule has 1 aliphatic rings. The van der Waals surface area contributed by atoms with Gasteiger partial charge in [-0.1, -0.05) is 12.8 Å². The lowest BCUT2D eigenvalue weighted by Crippen LogP contribution is -2.42. The minimum absolute atomic E-state index is 0.0531. The smallest absolute Gasteiger partial charge is 0.221 e. The number of hydrogen-bond acceptors (Lipinski definition) is 3. The lowest BCUT2D eigenvalue weighted by atomic mass is 9.94. The van der Waals surface area contributed by atoms with E-state index in [1.807, 2.05) is 0 Å². The van der Waals surface area contributed by atoms with Crippen molar-refractivity contribution < 1.29 is 9.90 Å². The van der Waals surface area contributed by atoms with E-state index in [0.29, 0.717) is 13.0 Å². The molecule has 0 atom stereocenters. The maximum absolute atomic E-state index is 11.5. The number of nitrogens with one attached hydrogen (secondary N) is 1. The van der Waals surface area contributed by atoms with Crippen molar-refractivity contribution in [3.63, 3.8) is 0 Å². The number of rotatable bonds is 6. The van der Waals surface area contributed by atoms with Gasteiger partial charge in [0, 0.05) is 25.1 Å². The summed E-state index contributed by atoms with van der Waals surface area (Å²) < 4.78 is 0. The number of carbonyl (C=O) groups excluding carboxylic acids is 1. The third-order valence-electron chi connectivity index (χ3n) is 3.02. The molecule has 0 unspecified atom stereocenters. The molecule has 0 aromatic heterocycles. The Morgan fingerprint density at radius 2 is 2.00 bits per heavy atom. The van der Waals surface area contributed by atoms with Crippen LogP contribution in [0.3, 0.4) is 0 Å². The lowest BCUT2D eigenvalue weighted by molar-refractivity contribution is -0.122. The number of aliphatic hydroxyl groups excluding tert-OH is 1. The molecule has 0 aliphatic heterocycles. The highest BCUT2D eigenvalue weighted by molar-refractivity contribution is 5.77. The number of aliphatic hydroxyl groups is 1. The number of carbonyl (C=O) groups is 1. The van der Waals surface area contributed by atoms with Crippen molar-refractivity contribution in [1.82, 2.24) is 5.32 Å². The van der Waals surface area contributed by atoms with Crippen LogP contribution in [0.5, 0.6) is 0 Å². The van der Waals surface area contributed by atoms with E-state index < -0.39 is 0 Å². The average Bonchev–Trinajstić information content (AvgIpc) is 2.59. The van der Waals surface area contributed by atoms with Gasteiger partial charge in [-0.25, -0.2) is 0 Å². The van der Waals surface area contributed by atoms with Crippen molar-refractivity contribution in [2.75, 3.05) is 13.2 Å². The fourth-order valence-corrected chi connectivity index (χ4v) is 2.10. The van der Waals surface area contributed by atoms with Gasteiger partial charge in [0.15, 0.2) is 0 Å².